The number of benzene rings is 1. The van der Waals surface area contributed by atoms with E-state index in [1.165, 1.54) is 0 Å². The fraction of sp³-hybridized carbons (Fsp3) is 0.562. The molecule has 0 aliphatic rings. The van der Waals surface area contributed by atoms with Crippen LogP contribution in [0.25, 0.3) is 0 Å². The van der Waals surface area contributed by atoms with E-state index in [-0.39, 0.29) is 11.2 Å². The summed E-state index contributed by atoms with van der Waals surface area (Å²) in [5.74, 6) is 1.11. The molecule has 0 spiro atoms. The monoisotopic (exact) mass is 248 g/mol. The topological polar surface area (TPSA) is 26.3 Å². The zero-order valence-electron chi connectivity index (χ0n) is 12.4. The van der Waals surface area contributed by atoms with Crippen molar-refractivity contribution >= 4 is 5.78 Å². The number of hydrogen-bond acceptors (Lipinski definition) is 2. The van der Waals surface area contributed by atoms with Crippen LogP contribution in [-0.2, 0) is 6.42 Å². The molecule has 0 bridgehead atoms. The minimum absolute atomic E-state index is 0.174. The van der Waals surface area contributed by atoms with E-state index in [9.17, 15) is 4.79 Å². The Balaban J connectivity index is 3.28. The average Bonchev–Trinajstić information content (AvgIpc) is 2.25. The Kier molecular flexibility index (Phi) is 4.55. The third kappa shape index (κ3) is 3.59. The largest absolute Gasteiger partial charge is 0.496 e. The van der Waals surface area contributed by atoms with Crippen LogP contribution < -0.4 is 4.74 Å². The van der Waals surface area contributed by atoms with Crippen molar-refractivity contribution in [3.63, 3.8) is 0 Å². The molecule has 1 aromatic carbocycles. The number of hydrogen-bond donors (Lipinski definition) is 0. The number of carbonyl (C=O) groups is 1. The predicted molar refractivity (Wildman–Crippen MR) is 75.5 cm³/mol. The quantitative estimate of drug-likeness (QED) is 0.747. The van der Waals surface area contributed by atoms with Crippen LogP contribution >= 0.6 is 0 Å². The first kappa shape index (κ1) is 14.7. The van der Waals surface area contributed by atoms with Crippen molar-refractivity contribution in [1.29, 1.82) is 0 Å². The van der Waals surface area contributed by atoms with Crippen molar-refractivity contribution in [2.24, 2.45) is 5.41 Å². The summed E-state index contributed by atoms with van der Waals surface area (Å²) in [6.45, 7) is 10.5. The highest BCUT2D eigenvalue weighted by atomic mass is 16.5. The normalized spacial score (nSPS) is 11.4. The van der Waals surface area contributed by atoms with Gasteiger partial charge in [0.25, 0.3) is 0 Å². The molecule has 18 heavy (non-hydrogen) atoms. The molecule has 0 heterocycles. The second kappa shape index (κ2) is 5.55. The Labute approximate surface area is 110 Å². The Hall–Kier alpha value is -1.31. The zero-order valence-corrected chi connectivity index (χ0v) is 12.4. The van der Waals surface area contributed by atoms with Crippen LogP contribution in [0.3, 0.4) is 0 Å². The molecule has 0 radical (unpaired) electrons. The van der Waals surface area contributed by atoms with E-state index in [1.54, 1.807) is 7.11 Å². The van der Waals surface area contributed by atoms with E-state index in [0.29, 0.717) is 6.42 Å². The van der Waals surface area contributed by atoms with Crippen molar-refractivity contribution in [2.45, 2.75) is 47.5 Å². The summed E-state index contributed by atoms with van der Waals surface area (Å²) < 4.78 is 5.48. The standard InChI is InChI=1S/C16H24O2/c1-7-14(17)12-8-11(2)15(18-6)13(9-12)10-16(3,4)5/h8-9H,7,10H2,1-6H3. The smallest absolute Gasteiger partial charge is 0.162 e. The summed E-state index contributed by atoms with van der Waals surface area (Å²) in [7, 11) is 1.69. The summed E-state index contributed by atoms with van der Waals surface area (Å²) in [6, 6.07) is 3.92. The first-order valence-corrected chi connectivity index (χ1v) is 6.49. The molecule has 100 valence electrons. The van der Waals surface area contributed by atoms with E-state index < -0.39 is 0 Å². The number of rotatable bonds is 4. The van der Waals surface area contributed by atoms with Crippen LogP contribution in [0.1, 0.15) is 55.6 Å². The molecule has 0 aromatic heterocycles. The van der Waals surface area contributed by atoms with Crippen molar-refractivity contribution in [2.75, 3.05) is 7.11 Å². The lowest BCUT2D eigenvalue weighted by Gasteiger charge is -2.21. The lowest BCUT2D eigenvalue weighted by molar-refractivity contribution is 0.0988. The maximum absolute atomic E-state index is 11.8. The summed E-state index contributed by atoms with van der Waals surface area (Å²) in [5, 5.41) is 0. The molecular formula is C16H24O2. The summed E-state index contributed by atoms with van der Waals surface area (Å²) >= 11 is 0. The molecule has 2 heteroatoms. The molecule has 0 atom stereocenters. The van der Waals surface area contributed by atoms with Gasteiger partial charge in [0.1, 0.15) is 5.75 Å². The molecule has 2 nitrogen and oxygen atoms in total. The summed E-state index contributed by atoms with van der Waals surface area (Å²) in [4.78, 5) is 11.8. The second-order valence-corrected chi connectivity index (χ2v) is 6.00. The molecular weight excluding hydrogens is 224 g/mol. The summed E-state index contributed by atoms with van der Waals surface area (Å²) in [5.41, 5.74) is 3.14. The van der Waals surface area contributed by atoms with Gasteiger partial charge in [-0.15, -0.1) is 0 Å². The fourth-order valence-electron chi connectivity index (χ4n) is 2.21. The van der Waals surface area contributed by atoms with E-state index in [2.05, 4.69) is 20.8 Å². The molecule has 0 saturated carbocycles. The van der Waals surface area contributed by atoms with Crippen molar-refractivity contribution in [3.05, 3.63) is 28.8 Å². The van der Waals surface area contributed by atoms with Gasteiger partial charge in [-0.3, -0.25) is 4.79 Å². The first-order chi connectivity index (χ1) is 8.28. The minimum Gasteiger partial charge on any atom is -0.496 e. The third-order valence-electron chi connectivity index (χ3n) is 2.92. The van der Waals surface area contributed by atoms with Gasteiger partial charge in [0.15, 0.2) is 5.78 Å². The number of carbonyl (C=O) groups excluding carboxylic acids is 1. The minimum atomic E-state index is 0.174. The molecule has 1 aromatic rings. The lowest BCUT2D eigenvalue weighted by Crippen LogP contribution is -2.12. The van der Waals surface area contributed by atoms with Gasteiger partial charge < -0.3 is 4.74 Å². The highest BCUT2D eigenvalue weighted by Gasteiger charge is 2.18. The van der Waals surface area contributed by atoms with Gasteiger partial charge in [-0.05, 0) is 42.0 Å². The lowest BCUT2D eigenvalue weighted by atomic mass is 9.86. The number of ether oxygens (including phenoxy) is 1. The van der Waals surface area contributed by atoms with Gasteiger partial charge in [0.05, 0.1) is 7.11 Å². The van der Waals surface area contributed by atoms with Crippen molar-refractivity contribution < 1.29 is 9.53 Å². The molecule has 0 aliphatic carbocycles. The number of ketones is 1. The number of Topliss-reactive ketones (excluding diaryl/α,β-unsaturated/α-hetero) is 1. The van der Waals surface area contributed by atoms with Crippen LogP contribution in [0.4, 0.5) is 0 Å². The second-order valence-electron chi connectivity index (χ2n) is 6.00. The van der Waals surface area contributed by atoms with Crippen LogP contribution in [-0.4, -0.2) is 12.9 Å². The SMILES string of the molecule is CCC(=O)c1cc(C)c(OC)c(CC(C)(C)C)c1. The Bertz CT molecular complexity index is 439. The van der Waals surface area contributed by atoms with Gasteiger partial charge in [-0.1, -0.05) is 27.7 Å². The van der Waals surface area contributed by atoms with E-state index in [1.807, 2.05) is 26.0 Å². The number of methoxy groups -OCH3 is 1. The molecule has 0 unspecified atom stereocenters. The van der Waals surface area contributed by atoms with E-state index in [4.69, 9.17) is 4.74 Å². The maximum atomic E-state index is 11.8. The Morgan fingerprint density at radius 2 is 1.89 bits per heavy atom. The molecule has 1 rings (SSSR count). The van der Waals surface area contributed by atoms with Gasteiger partial charge in [0, 0.05) is 12.0 Å². The molecule has 0 amide bonds. The van der Waals surface area contributed by atoms with Crippen molar-refractivity contribution in [1.82, 2.24) is 0 Å². The molecule has 0 aliphatic heterocycles. The molecule has 0 saturated heterocycles. The van der Waals surface area contributed by atoms with Crippen LogP contribution in [0.15, 0.2) is 12.1 Å². The highest BCUT2D eigenvalue weighted by molar-refractivity contribution is 5.96. The molecule has 0 N–H and O–H groups in total. The van der Waals surface area contributed by atoms with Gasteiger partial charge in [-0.2, -0.15) is 0 Å². The van der Waals surface area contributed by atoms with E-state index in [0.717, 1.165) is 28.9 Å². The van der Waals surface area contributed by atoms with Crippen LogP contribution in [0.5, 0.6) is 5.75 Å². The Morgan fingerprint density at radius 1 is 1.28 bits per heavy atom. The van der Waals surface area contributed by atoms with Crippen molar-refractivity contribution in [3.8, 4) is 5.75 Å². The summed E-state index contributed by atoms with van der Waals surface area (Å²) in [6.07, 6.45) is 1.45. The highest BCUT2D eigenvalue weighted by Crippen LogP contribution is 2.31. The Morgan fingerprint density at radius 3 is 2.33 bits per heavy atom. The third-order valence-corrected chi connectivity index (χ3v) is 2.92. The maximum Gasteiger partial charge on any atom is 0.162 e. The fourth-order valence-corrected chi connectivity index (χ4v) is 2.21. The van der Waals surface area contributed by atoms with Gasteiger partial charge in [0.2, 0.25) is 0 Å². The van der Waals surface area contributed by atoms with Crippen LogP contribution in [0.2, 0.25) is 0 Å². The first-order valence-electron chi connectivity index (χ1n) is 6.49. The van der Waals surface area contributed by atoms with Gasteiger partial charge >= 0.3 is 0 Å². The average molecular weight is 248 g/mol. The number of aryl methyl sites for hydroxylation is 1. The molecule has 0 fully saturated rings. The van der Waals surface area contributed by atoms with E-state index >= 15 is 0 Å². The van der Waals surface area contributed by atoms with Gasteiger partial charge in [-0.25, -0.2) is 0 Å². The zero-order chi connectivity index (χ0) is 13.9. The predicted octanol–water partition coefficient (Wildman–Crippen LogP) is 4.18. The van der Waals surface area contributed by atoms with Crippen LogP contribution in [0, 0.1) is 12.3 Å².